The number of sulfonamides is 1. The van der Waals surface area contributed by atoms with Crippen LogP contribution >= 0.6 is 22.9 Å². The second-order valence-electron chi connectivity index (χ2n) is 4.02. The summed E-state index contributed by atoms with van der Waals surface area (Å²) in [5, 5.41) is 4.42. The molecule has 0 radical (unpaired) electrons. The largest absolute Gasteiger partial charge is 0.359 e. The van der Waals surface area contributed by atoms with Crippen molar-refractivity contribution in [3.63, 3.8) is 0 Å². The van der Waals surface area contributed by atoms with Crippen LogP contribution in [0.1, 0.15) is 6.42 Å². The average molecular weight is 309 g/mol. The van der Waals surface area contributed by atoms with E-state index in [0.29, 0.717) is 13.0 Å². The van der Waals surface area contributed by atoms with Gasteiger partial charge in [0.25, 0.3) is 10.0 Å². The lowest BCUT2D eigenvalue weighted by Crippen LogP contribution is -2.32. The van der Waals surface area contributed by atoms with Crippen molar-refractivity contribution >= 4 is 38.9 Å². The predicted molar refractivity (Wildman–Crippen MR) is 70.3 cm³/mol. The molecule has 1 fully saturated rings. The standard InChI is InChI=1S/C10H13ClN2O3S2/c1-12-9(14)7-2-4-13(6-7)18(15,16)10-8(11)3-5-17-10/h3,5,7H,2,4,6H2,1H3,(H,12,14)/t7-/m0/s1. The number of thiophene rings is 1. The highest BCUT2D eigenvalue weighted by molar-refractivity contribution is 7.91. The zero-order valence-corrected chi connectivity index (χ0v) is 12.1. The molecule has 0 spiro atoms. The Balaban J connectivity index is 2.19. The second-order valence-corrected chi connectivity index (χ2v) is 7.48. The Kier molecular flexibility index (Phi) is 3.96. The van der Waals surface area contributed by atoms with Gasteiger partial charge in [-0.1, -0.05) is 11.6 Å². The van der Waals surface area contributed by atoms with E-state index < -0.39 is 10.0 Å². The normalized spacial score (nSPS) is 21.1. The average Bonchev–Trinajstić information content (AvgIpc) is 2.96. The molecular weight excluding hydrogens is 296 g/mol. The van der Waals surface area contributed by atoms with Gasteiger partial charge in [0.2, 0.25) is 5.91 Å². The summed E-state index contributed by atoms with van der Waals surface area (Å²) in [5.41, 5.74) is 0. The molecule has 1 aromatic heterocycles. The first-order valence-electron chi connectivity index (χ1n) is 5.41. The number of amides is 1. The Hall–Kier alpha value is -0.630. The van der Waals surface area contributed by atoms with Crippen molar-refractivity contribution in [3.05, 3.63) is 16.5 Å². The molecule has 0 aliphatic carbocycles. The number of nitrogens with zero attached hydrogens (tertiary/aromatic N) is 1. The number of halogens is 1. The molecule has 1 N–H and O–H groups in total. The number of carbonyl (C=O) groups is 1. The number of rotatable bonds is 3. The Labute approximate surface area is 115 Å². The molecule has 0 saturated carbocycles. The summed E-state index contributed by atoms with van der Waals surface area (Å²) in [6.45, 7) is 0.574. The van der Waals surface area contributed by atoms with Crippen LogP contribution in [0.25, 0.3) is 0 Å². The number of hydrogen-bond donors (Lipinski definition) is 1. The quantitative estimate of drug-likeness (QED) is 0.911. The molecule has 1 saturated heterocycles. The first-order valence-corrected chi connectivity index (χ1v) is 8.11. The summed E-state index contributed by atoms with van der Waals surface area (Å²) in [5.74, 6) is -0.395. The minimum atomic E-state index is -3.56. The van der Waals surface area contributed by atoms with Gasteiger partial charge < -0.3 is 5.32 Å². The lowest BCUT2D eigenvalue weighted by molar-refractivity contribution is -0.123. The van der Waals surface area contributed by atoms with Gasteiger partial charge in [-0.05, 0) is 17.9 Å². The molecule has 18 heavy (non-hydrogen) atoms. The SMILES string of the molecule is CNC(=O)[C@H]1CCN(S(=O)(=O)c2sccc2Cl)C1. The fourth-order valence-electron chi connectivity index (χ4n) is 1.95. The molecule has 100 valence electrons. The van der Waals surface area contributed by atoms with E-state index in [2.05, 4.69) is 5.32 Å². The highest BCUT2D eigenvalue weighted by Crippen LogP contribution is 2.32. The van der Waals surface area contributed by atoms with Crippen molar-refractivity contribution in [1.29, 1.82) is 0 Å². The van der Waals surface area contributed by atoms with Crippen LogP contribution in [0.4, 0.5) is 0 Å². The maximum absolute atomic E-state index is 12.3. The van der Waals surface area contributed by atoms with Gasteiger partial charge in [0.05, 0.1) is 10.9 Å². The summed E-state index contributed by atoms with van der Waals surface area (Å²) in [4.78, 5) is 11.5. The molecule has 1 amide bonds. The summed E-state index contributed by atoms with van der Waals surface area (Å²) in [6.07, 6.45) is 0.544. The Morgan fingerprint density at radius 3 is 2.89 bits per heavy atom. The Morgan fingerprint density at radius 2 is 2.33 bits per heavy atom. The zero-order chi connectivity index (χ0) is 13.3. The third-order valence-electron chi connectivity index (χ3n) is 2.93. The van der Waals surface area contributed by atoms with E-state index in [-0.39, 0.29) is 27.6 Å². The van der Waals surface area contributed by atoms with Crippen LogP contribution in [0.3, 0.4) is 0 Å². The third-order valence-corrected chi connectivity index (χ3v) is 6.79. The molecule has 1 aliphatic heterocycles. The third kappa shape index (κ3) is 2.40. The van der Waals surface area contributed by atoms with Crippen molar-refractivity contribution in [2.75, 3.05) is 20.1 Å². The van der Waals surface area contributed by atoms with Gasteiger partial charge in [-0.15, -0.1) is 11.3 Å². The van der Waals surface area contributed by atoms with Crippen LogP contribution in [-0.2, 0) is 14.8 Å². The molecule has 8 heteroatoms. The molecule has 1 aliphatic rings. The van der Waals surface area contributed by atoms with E-state index in [1.807, 2.05) is 0 Å². The van der Waals surface area contributed by atoms with Crippen molar-refractivity contribution in [3.8, 4) is 0 Å². The smallest absolute Gasteiger partial charge is 0.254 e. The molecule has 0 bridgehead atoms. The molecular formula is C10H13ClN2O3S2. The molecule has 1 atom stereocenters. The number of nitrogens with one attached hydrogen (secondary N) is 1. The predicted octanol–water partition coefficient (Wildman–Crippen LogP) is 1.16. The zero-order valence-electron chi connectivity index (χ0n) is 9.72. The van der Waals surface area contributed by atoms with Crippen LogP contribution in [-0.4, -0.2) is 38.8 Å². The van der Waals surface area contributed by atoms with Gasteiger partial charge in [0.15, 0.2) is 4.21 Å². The van der Waals surface area contributed by atoms with Gasteiger partial charge in [0.1, 0.15) is 0 Å². The summed E-state index contributed by atoms with van der Waals surface area (Å²) < 4.78 is 26.1. The van der Waals surface area contributed by atoms with Crippen molar-refractivity contribution in [2.24, 2.45) is 5.92 Å². The summed E-state index contributed by atoms with van der Waals surface area (Å²) in [7, 11) is -2.01. The Bertz CT molecular complexity index is 555. The summed E-state index contributed by atoms with van der Waals surface area (Å²) >= 11 is 6.95. The van der Waals surface area contributed by atoms with Crippen LogP contribution in [0.15, 0.2) is 15.7 Å². The topological polar surface area (TPSA) is 66.5 Å². The summed E-state index contributed by atoms with van der Waals surface area (Å²) in [6, 6.07) is 1.56. The van der Waals surface area contributed by atoms with E-state index in [9.17, 15) is 13.2 Å². The maximum atomic E-state index is 12.3. The lowest BCUT2D eigenvalue weighted by Gasteiger charge is -2.15. The highest BCUT2D eigenvalue weighted by atomic mass is 35.5. The van der Waals surface area contributed by atoms with Gasteiger partial charge in [-0.3, -0.25) is 4.79 Å². The van der Waals surface area contributed by atoms with Crippen molar-refractivity contribution in [2.45, 2.75) is 10.6 Å². The van der Waals surface area contributed by atoms with E-state index in [1.54, 1.807) is 18.5 Å². The van der Waals surface area contributed by atoms with Gasteiger partial charge >= 0.3 is 0 Å². The van der Waals surface area contributed by atoms with E-state index in [0.717, 1.165) is 11.3 Å². The monoisotopic (exact) mass is 308 g/mol. The van der Waals surface area contributed by atoms with E-state index in [4.69, 9.17) is 11.6 Å². The molecule has 0 aromatic carbocycles. The first kappa shape index (κ1) is 13.8. The van der Waals surface area contributed by atoms with Gasteiger partial charge in [-0.2, -0.15) is 4.31 Å². The molecule has 0 unspecified atom stereocenters. The number of hydrogen-bond acceptors (Lipinski definition) is 4. The highest BCUT2D eigenvalue weighted by Gasteiger charge is 2.36. The minimum Gasteiger partial charge on any atom is -0.359 e. The molecule has 2 rings (SSSR count). The van der Waals surface area contributed by atoms with Crippen LogP contribution < -0.4 is 5.32 Å². The van der Waals surface area contributed by atoms with E-state index in [1.165, 1.54) is 4.31 Å². The van der Waals surface area contributed by atoms with Crippen LogP contribution in [0.2, 0.25) is 5.02 Å². The number of carbonyl (C=O) groups excluding carboxylic acids is 1. The fourth-order valence-corrected chi connectivity index (χ4v) is 5.26. The van der Waals surface area contributed by atoms with Gasteiger partial charge in [0, 0.05) is 20.1 Å². The minimum absolute atomic E-state index is 0.120. The second kappa shape index (κ2) is 5.16. The van der Waals surface area contributed by atoms with E-state index >= 15 is 0 Å². The molecule has 1 aromatic rings. The first-order chi connectivity index (χ1) is 8.46. The molecule has 5 nitrogen and oxygen atoms in total. The van der Waals surface area contributed by atoms with Crippen molar-refractivity contribution in [1.82, 2.24) is 9.62 Å². The fraction of sp³-hybridized carbons (Fsp3) is 0.500. The van der Waals surface area contributed by atoms with Crippen LogP contribution in [0, 0.1) is 5.92 Å². The van der Waals surface area contributed by atoms with Gasteiger partial charge in [-0.25, -0.2) is 8.42 Å². The van der Waals surface area contributed by atoms with Crippen molar-refractivity contribution < 1.29 is 13.2 Å². The van der Waals surface area contributed by atoms with Crippen LogP contribution in [0.5, 0.6) is 0 Å². The lowest BCUT2D eigenvalue weighted by atomic mass is 10.1. The maximum Gasteiger partial charge on any atom is 0.254 e. The molecule has 2 heterocycles. The Morgan fingerprint density at radius 1 is 1.61 bits per heavy atom.